The van der Waals surface area contributed by atoms with Crippen LogP contribution >= 0.6 is 11.6 Å². The molecule has 1 atom stereocenters. The quantitative estimate of drug-likeness (QED) is 0.781. The number of rotatable bonds is 7. The van der Waals surface area contributed by atoms with E-state index in [0.717, 1.165) is 12.0 Å². The highest BCUT2D eigenvalue weighted by molar-refractivity contribution is 6.31. The predicted octanol–water partition coefficient (Wildman–Crippen LogP) is 3.39. The topological polar surface area (TPSA) is 52.3 Å². The molecular weight excluding hydrogens is 262 g/mol. The summed E-state index contributed by atoms with van der Waals surface area (Å²) in [7, 11) is 0. The summed E-state index contributed by atoms with van der Waals surface area (Å²) in [6.07, 6.45) is 1.32. The SMILES string of the molecule is CC(C)CC(CN)CC(=O)OCc1ccccc1Cl. The van der Waals surface area contributed by atoms with E-state index in [2.05, 4.69) is 13.8 Å². The molecule has 0 amide bonds. The second kappa shape index (κ2) is 8.18. The maximum atomic E-state index is 11.8. The average Bonchev–Trinajstić information content (AvgIpc) is 2.36. The van der Waals surface area contributed by atoms with Crippen LogP contribution in [-0.4, -0.2) is 12.5 Å². The maximum absolute atomic E-state index is 11.8. The number of halogens is 1. The molecule has 0 saturated heterocycles. The fraction of sp³-hybridized carbons (Fsp3) is 0.533. The third-order valence-corrected chi connectivity index (χ3v) is 3.31. The number of hydrogen-bond donors (Lipinski definition) is 1. The summed E-state index contributed by atoms with van der Waals surface area (Å²) < 4.78 is 5.24. The van der Waals surface area contributed by atoms with Gasteiger partial charge in [-0.25, -0.2) is 0 Å². The fourth-order valence-corrected chi connectivity index (χ4v) is 2.19. The van der Waals surface area contributed by atoms with E-state index < -0.39 is 0 Å². The number of hydrogen-bond acceptors (Lipinski definition) is 3. The van der Waals surface area contributed by atoms with Crippen LogP contribution < -0.4 is 5.73 Å². The summed E-state index contributed by atoms with van der Waals surface area (Å²) in [5.74, 6) is 0.514. The Labute approximate surface area is 120 Å². The number of carbonyl (C=O) groups is 1. The van der Waals surface area contributed by atoms with Gasteiger partial charge in [-0.2, -0.15) is 0 Å². The van der Waals surface area contributed by atoms with Gasteiger partial charge in [-0.3, -0.25) is 4.79 Å². The van der Waals surface area contributed by atoms with Crippen molar-refractivity contribution in [2.24, 2.45) is 17.6 Å². The Bertz CT molecular complexity index is 407. The van der Waals surface area contributed by atoms with Crippen molar-refractivity contribution in [3.05, 3.63) is 34.9 Å². The molecule has 106 valence electrons. The van der Waals surface area contributed by atoms with Crippen LogP contribution in [0.4, 0.5) is 0 Å². The first kappa shape index (κ1) is 16.0. The molecular formula is C15H22ClNO2. The third-order valence-electron chi connectivity index (χ3n) is 2.94. The van der Waals surface area contributed by atoms with E-state index in [1.54, 1.807) is 6.07 Å². The number of benzene rings is 1. The number of nitrogens with two attached hydrogens (primary N) is 1. The zero-order valence-corrected chi connectivity index (χ0v) is 12.3. The molecule has 19 heavy (non-hydrogen) atoms. The minimum Gasteiger partial charge on any atom is -0.461 e. The summed E-state index contributed by atoms with van der Waals surface area (Å²) in [4.78, 5) is 11.8. The number of carbonyl (C=O) groups excluding carboxylic acids is 1. The zero-order chi connectivity index (χ0) is 14.3. The Morgan fingerprint density at radius 2 is 2.05 bits per heavy atom. The van der Waals surface area contributed by atoms with E-state index in [1.807, 2.05) is 18.2 Å². The molecule has 4 heteroatoms. The average molecular weight is 284 g/mol. The molecule has 1 aromatic carbocycles. The van der Waals surface area contributed by atoms with Gasteiger partial charge in [0.1, 0.15) is 6.61 Å². The van der Waals surface area contributed by atoms with E-state index in [0.29, 0.717) is 23.9 Å². The molecule has 0 fully saturated rings. The first-order valence-electron chi connectivity index (χ1n) is 6.62. The van der Waals surface area contributed by atoms with Gasteiger partial charge in [0.25, 0.3) is 0 Å². The molecule has 0 aromatic heterocycles. The predicted molar refractivity (Wildman–Crippen MR) is 77.9 cm³/mol. The molecule has 0 saturated carbocycles. The normalized spacial score (nSPS) is 12.5. The van der Waals surface area contributed by atoms with Crippen molar-refractivity contribution in [1.29, 1.82) is 0 Å². The van der Waals surface area contributed by atoms with Gasteiger partial charge in [0.2, 0.25) is 0 Å². The summed E-state index contributed by atoms with van der Waals surface area (Å²) >= 11 is 6.00. The largest absolute Gasteiger partial charge is 0.461 e. The molecule has 0 radical (unpaired) electrons. The van der Waals surface area contributed by atoms with Crippen molar-refractivity contribution < 1.29 is 9.53 Å². The van der Waals surface area contributed by atoms with Gasteiger partial charge in [-0.05, 0) is 30.9 Å². The van der Waals surface area contributed by atoms with Gasteiger partial charge < -0.3 is 10.5 Å². The van der Waals surface area contributed by atoms with E-state index in [1.165, 1.54) is 0 Å². The molecule has 0 aliphatic heterocycles. The lowest BCUT2D eigenvalue weighted by atomic mass is 9.94. The van der Waals surface area contributed by atoms with Crippen molar-refractivity contribution in [3.8, 4) is 0 Å². The summed E-state index contributed by atoms with van der Waals surface area (Å²) in [6, 6.07) is 7.35. The first-order chi connectivity index (χ1) is 9.02. The van der Waals surface area contributed by atoms with Crippen LogP contribution in [0.15, 0.2) is 24.3 Å². The van der Waals surface area contributed by atoms with Crippen LogP contribution in [0.1, 0.15) is 32.3 Å². The van der Waals surface area contributed by atoms with Crippen LogP contribution in [0.25, 0.3) is 0 Å². The van der Waals surface area contributed by atoms with Crippen LogP contribution in [0, 0.1) is 11.8 Å². The molecule has 0 spiro atoms. The Balaban J connectivity index is 2.41. The van der Waals surface area contributed by atoms with E-state index in [4.69, 9.17) is 22.1 Å². The van der Waals surface area contributed by atoms with Gasteiger partial charge in [0.15, 0.2) is 0 Å². The van der Waals surface area contributed by atoms with Crippen molar-refractivity contribution in [2.45, 2.75) is 33.3 Å². The minimum atomic E-state index is -0.212. The molecule has 0 aliphatic rings. The fourth-order valence-electron chi connectivity index (χ4n) is 2.00. The van der Waals surface area contributed by atoms with Gasteiger partial charge in [-0.15, -0.1) is 0 Å². The monoisotopic (exact) mass is 283 g/mol. The molecule has 1 rings (SSSR count). The Hall–Kier alpha value is -1.06. The van der Waals surface area contributed by atoms with Crippen LogP contribution in [-0.2, 0) is 16.1 Å². The van der Waals surface area contributed by atoms with Crippen molar-refractivity contribution in [2.75, 3.05) is 6.54 Å². The van der Waals surface area contributed by atoms with Crippen LogP contribution in [0.2, 0.25) is 5.02 Å². The number of ether oxygens (including phenoxy) is 1. The second-order valence-corrected chi connectivity index (χ2v) is 5.59. The van der Waals surface area contributed by atoms with E-state index >= 15 is 0 Å². The summed E-state index contributed by atoms with van der Waals surface area (Å²) in [5.41, 5.74) is 6.50. The Kier molecular flexibility index (Phi) is 6.89. The van der Waals surface area contributed by atoms with Crippen molar-refractivity contribution in [3.63, 3.8) is 0 Å². The van der Waals surface area contributed by atoms with Crippen LogP contribution in [0.5, 0.6) is 0 Å². The van der Waals surface area contributed by atoms with Gasteiger partial charge in [0, 0.05) is 17.0 Å². The highest BCUT2D eigenvalue weighted by atomic mass is 35.5. The second-order valence-electron chi connectivity index (χ2n) is 5.19. The van der Waals surface area contributed by atoms with Gasteiger partial charge in [0.05, 0.1) is 0 Å². The van der Waals surface area contributed by atoms with Gasteiger partial charge in [-0.1, -0.05) is 43.6 Å². The van der Waals surface area contributed by atoms with Gasteiger partial charge >= 0.3 is 5.97 Å². The van der Waals surface area contributed by atoms with Crippen molar-refractivity contribution >= 4 is 17.6 Å². The highest BCUT2D eigenvalue weighted by Gasteiger charge is 2.15. The lowest BCUT2D eigenvalue weighted by Gasteiger charge is -2.16. The molecule has 2 N–H and O–H groups in total. The maximum Gasteiger partial charge on any atom is 0.306 e. The highest BCUT2D eigenvalue weighted by Crippen LogP contribution is 2.18. The Morgan fingerprint density at radius 3 is 2.63 bits per heavy atom. The molecule has 3 nitrogen and oxygen atoms in total. The Morgan fingerprint density at radius 1 is 1.37 bits per heavy atom. The first-order valence-corrected chi connectivity index (χ1v) is 6.99. The summed E-state index contributed by atoms with van der Waals surface area (Å²) in [5, 5.41) is 0.618. The molecule has 0 aliphatic carbocycles. The van der Waals surface area contributed by atoms with E-state index in [9.17, 15) is 4.79 Å². The minimum absolute atomic E-state index is 0.193. The van der Waals surface area contributed by atoms with E-state index in [-0.39, 0.29) is 18.5 Å². The lowest BCUT2D eigenvalue weighted by Crippen LogP contribution is -2.21. The smallest absolute Gasteiger partial charge is 0.306 e. The van der Waals surface area contributed by atoms with Crippen molar-refractivity contribution in [1.82, 2.24) is 0 Å². The summed E-state index contributed by atoms with van der Waals surface area (Å²) in [6.45, 7) is 4.98. The van der Waals surface area contributed by atoms with Crippen LogP contribution in [0.3, 0.4) is 0 Å². The lowest BCUT2D eigenvalue weighted by molar-refractivity contribution is -0.146. The number of esters is 1. The molecule has 1 aromatic rings. The molecule has 0 bridgehead atoms. The standard InChI is InChI=1S/C15H22ClNO2/c1-11(2)7-12(9-17)8-15(18)19-10-13-5-3-4-6-14(13)16/h3-6,11-12H,7-10,17H2,1-2H3. The molecule has 0 heterocycles. The molecule has 1 unspecified atom stereocenters. The zero-order valence-electron chi connectivity index (χ0n) is 11.6. The third kappa shape index (κ3) is 6.08.